The summed E-state index contributed by atoms with van der Waals surface area (Å²) in [6.45, 7) is 0.615. The average molecular weight is 273 g/mol. The maximum atomic E-state index is 12.2. The molecule has 1 aromatic carbocycles. The summed E-state index contributed by atoms with van der Waals surface area (Å²) in [4.78, 5) is 13.8. The average Bonchev–Trinajstić information content (AvgIpc) is 3.22. The topological polar surface area (TPSA) is 58.4 Å². The van der Waals surface area contributed by atoms with Gasteiger partial charge in [0.05, 0.1) is 17.8 Å². The number of aromatic nitrogens is 2. The molecule has 1 aliphatic rings. The quantitative estimate of drug-likeness (QED) is 0.892. The van der Waals surface area contributed by atoms with Crippen molar-refractivity contribution < 1.29 is 9.90 Å². The number of carbonyl (C=O) groups is 1. The number of carbonyl (C=O) groups excluding carboxylic acids is 1. The van der Waals surface area contributed by atoms with Crippen LogP contribution in [-0.2, 0) is 11.3 Å². The number of fused-ring (bicyclic) bond motifs is 1. The highest BCUT2D eigenvalue weighted by molar-refractivity contribution is 5.81. The summed E-state index contributed by atoms with van der Waals surface area (Å²) in [5.74, 6) is 0.356. The van der Waals surface area contributed by atoms with Crippen molar-refractivity contribution in [2.24, 2.45) is 5.92 Å². The van der Waals surface area contributed by atoms with Crippen LogP contribution >= 0.6 is 0 Å². The molecule has 106 valence electrons. The Morgan fingerprint density at radius 2 is 2.25 bits per heavy atom. The Labute approximate surface area is 117 Å². The summed E-state index contributed by atoms with van der Waals surface area (Å²) in [5, 5.41) is 15.2. The first kappa shape index (κ1) is 13.1. The predicted molar refractivity (Wildman–Crippen MR) is 76.1 cm³/mol. The second-order valence-electron chi connectivity index (χ2n) is 5.54. The van der Waals surface area contributed by atoms with E-state index in [9.17, 15) is 9.90 Å². The van der Waals surface area contributed by atoms with Gasteiger partial charge in [-0.2, -0.15) is 5.10 Å². The fourth-order valence-corrected chi connectivity index (χ4v) is 2.41. The van der Waals surface area contributed by atoms with E-state index < -0.39 is 6.10 Å². The van der Waals surface area contributed by atoms with Gasteiger partial charge < -0.3 is 10.0 Å². The van der Waals surface area contributed by atoms with Crippen molar-refractivity contribution in [2.45, 2.75) is 25.5 Å². The number of aliphatic hydroxyl groups excluding tert-OH is 1. The molecule has 1 unspecified atom stereocenters. The summed E-state index contributed by atoms with van der Waals surface area (Å²) >= 11 is 0. The van der Waals surface area contributed by atoms with E-state index in [1.54, 1.807) is 22.8 Å². The first-order valence-corrected chi connectivity index (χ1v) is 6.98. The Hall–Kier alpha value is -1.88. The van der Waals surface area contributed by atoms with Crippen LogP contribution in [0.2, 0.25) is 0 Å². The first-order chi connectivity index (χ1) is 9.65. The Kier molecular flexibility index (Phi) is 3.44. The van der Waals surface area contributed by atoms with Gasteiger partial charge in [0.15, 0.2) is 0 Å². The lowest BCUT2D eigenvalue weighted by Crippen LogP contribution is -2.37. The third kappa shape index (κ3) is 2.67. The van der Waals surface area contributed by atoms with Gasteiger partial charge in [0.2, 0.25) is 5.91 Å². The van der Waals surface area contributed by atoms with Gasteiger partial charge in [-0.15, -0.1) is 0 Å². The smallest absolute Gasteiger partial charge is 0.244 e. The highest BCUT2D eigenvalue weighted by Gasteiger charge is 2.31. The van der Waals surface area contributed by atoms with Gasteiger partial charge in [-0.25, -0.2) is 0 Å². The highest BCUT2D eigenvalue weighted by Crippen LogP contribution is 2.32. The maximum Gasteiger partial charge on any atom is 0.244 e. The number of amides is 1. The van der Waals surface area contributed by atoms with E-state index in [1.165, 1.54) is 0 Å². The molecule has 0 radical (unpaired) electrons. The predicted octanol–water partition coefficient (Wildman–Crippen LogP) is 1.27. The third-order valence-corrected chi connectivity index (χ3v) is 3.89. The minimum atomic E-state index is -0.390. The van der Waals surface area contributed by atoms with Crippen LogP contribution in [0.3, 0.4) is 0 Å². The van der Waals surface area contributed by atoms with Crippen molar-refractivity contribution in [1.82, 2.24) is 14.7 Å². The summed E-state index contributed by atoms with van der Waals surface area (Å²) < 4.78 is 1.71. The number of nitrogens with zero attached hydrogens (tertiary/aromatic N) is 3. The van der Waals surface area contributed by atoms with Crippen LogP contribution in [0.1, 0.15) is 12.8 Å². The number of hydrogen-bond donors (Lipinski definition) is 1. The molecule has 5 heteroatoms. The molecule has 5 nitrogen and oxygen atoms in total. The molecule has 1 amide bonds. The van der Waals surface area contributed by atoms with Gasteiger partial charge >= 0.3 is 0 Å². The first-order valence-electron chi connectivity index (χ1n) is 6.98. The Morgan fingerprint density at radius 3 is 3.00 bits per heavy atom. The summed E-state index contributed by atoms with van der Waals surface area (Å²) in [5.41, 5.74) is 0.956. The second-order valence-corrected chi connectivity index (χ2v) is 5.54. The molecule has 1 saturated carbocycles. The Balaban J connectivity index is 1.65. The fraction of sp³-hybridized carbons (Fsp3) is 0.467. The Bertz CT molecular complexity index is 618. The number of para-hydroxylation sites is 1. The van der Waals surface area contributed by atoms with Crippen LogP contribution in [0.4, 0.5) is 0 Å². The highest BCUT2D eigenvalue weighted by atomic mass is 16.3. The molecule has 1 atom stereocenters. The molecule has 0 saturated heterocycles. The molecule has 2 aromatic rings. The summed E-state index contributed by atoms with van der Waals surface area (Å²) in [6.07, 6.45) is 3.53. The minimum absolute atomic E-state index is 0.0291. The molecule has 1 heterocycles. The molecule has 0 spiro atoms. The summed E-state index contributed by atoms with van der Waals surface area (Å²) in [7, 11) is 1.74. The van der Waals surface area contributed by atoms with E-state index in [0.29, 0.717) is 12.5 Å². The van der Waals surface area contributed by atoms with E-state index in [0.717, 1.165) is 23.7 Å². The van der Waals surface area contributed by atoms with Crippen molar-refractivity contribution in [1.29, 1.82) is 0 Å². The molecular weight excluding hydrogens is 254 g/mol. The van der Waals surface area contributed by atoms with Gasteiger partial charge in [0.1, 0.15) is 6.54 Å². The van der Waals surface area contributed by atoms with Gasteiger partial charge in [0.25, 0.3) is 0 Å². The van der Waals surface area contributed by atoms with E-state index >= 15 is 0 Å². The van der Waals surface area contributed by atoms with Crippen molar-refractivity contribution in [3.8, 4) is 0 Å². The molecule has 1 fully saturated rings. The van der Waals surface area contributed by atoms with E-state index in [4.69, 9.17) is 0 Å². The largest absolute Gasteiger partial charge is 0.391 e. The van der Waals surface area contributed by atoms with E-state index in [-0.39, 0.29) is 12.5 Å². The Morgan fingerprint density at radius 1 is 1.50 bits per heavy atom. The lowest BCUT2D eigenvalue weighted by Gasteiger charge is -2.20. The monoisotopic (exact) mass is 273 g/mol. The zero-order valence-corrected chi connectivity index (χ0v) is 11.6. The van der Waals surface area contributed by atoms with E-state index in [1.807, 2.05) is 24.3 Å². The normalized spacial score (nSPS) is 16.3. The lowest BCUT2D eigenvalue weighted by atomic mass is 10.2. The van der Waals surface area contributed by atoms with Gasteiger partial charge in [-0.05, 0) is 24.8 Å². The second kappa shape index (κ2) is 5.25. The van der Waals surface area contributed by atoms with Crippen LogP contribution in [0.15, 0.2) is 30.5 Å². The molecule has 1 aliphatic carbocycles. The van der Waals surface area contributed by atoms with Crippen molar-refractivity contribution in [3.63, 3.8) is 0 Å². The molecular formula is C15H19N3O2. The molecule has 0 aliphatic heterocycles. The maximum absolute atomic E-state index is 12.2. The lowest BCUT2D eigenvalue weighted by molar-refractivity contribution is -0.132. The van der Waals surface area contributed by atoms with Crippen molar-refractivity contribution >= 4 is 16.8 Å². The van der Waals surface area contributed by atoms with E-state index in [2.05, 4.69) is 5.10 Å². The van der Waals surface area contributed by atoms with Gasteiger partial charge in [-0.3, -0.25) is 9.48 Å². The standard InChI is InChI=1S/C15H19N3O2/c1-17(9-14(19)11-6-7-11)15(20)10-18-13-5-3-2-4-12(13)8-16-18/h2-5,8,11,14,19H,6-7,9-10H2,1H3. The van der Waals surface area contributed by atoms with Crippen LogP contribution < -0.4 is 0 Å². The minimum Gasteiger partial charge on any atom is -0.391 e. The number of rotatable bonds is 5. The zero-order valence-electron chi connectivity index (χ0n) is 11.6. The fourth-order valence-electron chi connectivity index (χ4n) is 2.41. The number of aliphatic hydroxyl groups is 1. The van der Waals surface area contributed by atoms with Crippen molar-refractivity contribution in [2.75, 3.05) is 13.6 Å². The van der Waals surface area contributed by atoms with Gasteiger partial charge in [0, 0.05) is 19.0 Å². The SMILES string of the molecule is CN(CC(O)C1CC1)C(=O)Cn1ncc2ccccc21. The van der Waals surface area contributed by atoms with Crippen LogP contribution in [0, 0.1) is 5.92 Å². The van der Waals surface area contributed by atoms with Crippen LogP contribution in [0.25, 0.3) is 10.9 Å². The summed E-state index contributed by atoms with van der Waals surface area (Å²) in [6, 6.07) is 7.82. The molecule has 1 N–H and O–H groups in total. The van der Waals surface area contributed by atoms with Crippen LogP contribution in [-0.4, -0.2) is 45.4 Å². The molecule has 3 rings (SSSR count). The number of likely N-dealkylation sites (N-methyl/N-ethyl adjacent to an activating group) is 1. The number of benzene rings is 1. The zero-order chi connectivity index (χ0) is 14.1. The van der Waals surface area contributed by atoms with Crippen molar-refractivity contribution in [3.05, 3.63) is 30.5 Å². The molecule has 20 heavy (non-hydrogen) atoms. The van der Waals surface area contributed by atoms with Crippen LogP contribution in [0.5, 0.6) is 0 Å². The number of hydrogen-bond acceptors (Lipinski definition) is 3. The van der Waals surface area contributed by atoms with Gasteiger partial charge in [-0.1, -0.05) is 18.2 Å². The third-order valence-electron chi connectivity index (χ3n) is 3.89. The molecule has 1 aromatic heterocycles. The molecule has 0 bridgehead atoms.